The third kappa shape index (κ3) is 7.40. The van der Waals surface area contributed by atoms with Gasteiger partial charge in [-0.1, -0.05) is 12.1 Å². The van der Waals surface area contributed by atoms with Crippen molar-refractivity contribution < 1.29 is 9.59 Å². The van der Waals surface area contributed by atoms with Crippen LogP contribution in [0, 0.1) is 23.2 Å². The van der Waals surface area contributed by atoms with Gasteiger partial charge in [0.2, 0.25) is 11.8 Å². The van der Waals surface area contributed by atoms with Gasteiger partial charge < -0.3 is 26.2 Å². The summed E-state index contributed by atoms with van der Waals surface area (Å²) < 4.78 is 0. The molecule has 0 aromatic heterocycles. The summed E-state index contributed by atoms with van der Waals surface area (Å²) in [7, 11) is 0. The molecule has 0 bridgehead atoms. The van der Waals surface area contributed by atoms with Crippen LogP contribution in [-0.4, -0.2) is 77.5 Å². The molecule has 4 N–H and O–H groups in total. The van der Waals surface area contributed by atoms with Gasteiger partial charge in [-0.05, 0) is 88.6 Å². The summed E-state index contributed by atoms with van der Waals surface area (Å²) in [4.78, 5) is 30.2. The second-order valence-electron chi connectivity index (χ2n) is 10.6. The van der Waals surface area contributed by atoms with Crippen LogP contribution in [-0.2, 0) is 16.0 Å². The molecule has 202 valence electrons. The van der Waals surface area contributed by atoms with E-state index in [-0.39, 0.29) is 28.4 Å². The van der Waals surface area contributed by atoms with Crippen molar-refractivity contribution in [3.63, 3.8) is 0 Å². The van der Waals surface area contributed by atoms with Crippen LogP contribution in [0.4, 0.5) is 5.69 Å². The van der Waals surface area contributed by atoms with Gasteiger partial charge in [-0.2, -0.15) is 5.26 Å². The molecule has 3 atom stereocenters. The summed E-state index contributed by atoms with van der Waals surface area (Å²) in [6, 6.07) is 10.1. The Hall–Kier alpha value is -2.28. The summed E-state index contributed by atoms with van der Waals surface area (Å²) >= 11 is 1.48. The normalized spacial score (nSPS) is 27.2. The number of thioether (sulfide) groups is 1. The van der Waals surface area contributed by atoms with E-state index in [0.717, 1.165) is 44.3 Å². The first kappa shape index (κ1) is 27.7. The predicted molar refractivity (Wildman–Crippen MR) is 149 cm³/mol. The first-order chi connectivity index (χ1) is 18.0. The Morgan fingerprint density at radius 3 is 2.51 bits per heavy atom. The fraction of sp³-hybridized carbons (Fsp3) is 0.679. The number of carbonyl (C=O) groups excluding carboxylic acids is 2. The molecule has 1 aromatic carbocycles. The monoisotopic (exact) mass is 526 g/mol. The van der Waals surface area contributed by atoms with Crippen molar-refractivity contribution in [1.29, 1.82) is 5.26 Å². The lowest BCUT2D eigenvalue weighted by molar-refractivity contribution is -0.131. The molecule has 1 saturated carbocycles. The maximum absolute atomic E-state index is 13.1. The Morgan fingerprint density at radius 1 is 1.16 bits per heavy atom. The molecule has 8 nitrogen and oxygen atoms in total. The lowest BCUT2D eigenvalue weighted by Crippen LogP contribution is -2.53. The topological polar surface area (TPSA) is 114 Å². The average Bonchev–Trinajstić information content (AvgIpc) is 3.57. The van der Waals surface area contributed by atoms with Crippen molar-refractivity contribution in [1.82, 2.24) is 15.1 Å². The van der Waals surface area contributed by atoms with E-state index in [1.54, 1.807) is 4.90 Å². The van der Waals surface area contributed by atoms with E-state index in [4.69, 9.17) is 11.0 Å². The Bertz CT molecular complexity index is 937. The van der Waals surface area contributed by atoms with Crippen molar-refractivity contribution in [2.75, 3.05) is 44.6 Å². The number of nitriles is 1. The van der Waals surface area contributed by atoms with Crippen LogP contribution in [0.1, 0.15) is 51.0 Å². The summed E-state index contributed by atoms with van der Waals surface area (Å²) in [5.41, 5.74) is 8.70. The van der Waals surface area contributed by atoms with Crippen molar-refractivity contribution in [3.8, 4) is 6.07 Å². The minimum Gasteiger partial charge on any atom is -0.383 e. The van der Waals surface area contributed by atoms with Gasteiger partial charge in [0.15, 0.2) is 0 Å². The number of likely N-dealkylation sites (N-methyl/N-ethyl adjacent to an activating group) is 1. The molecule has 37 heavy (non-hydrogen) atoms. The number of anilines is 1. The van der Waals surface area contributed by atoms with Crippen molar-refractivity contribution >= 4 is 29.3 Å². The van der Waals surface area contributed by atoms with E-state index in [1.165, 1.54) is 43.3 Å². The van der Waals surface area contributed by atoms with E-state index in [0.29, 0.717) is 25.6 Å². The maximum Gasteiger partial charge on any atom is 0.239 e. The summed E-state index contributed by atoms with van der Waals surface area (Å²) in [6.45, 7) is 7.10. The fourth-order valence-electron chi connectivity index (χ4n) is 5.64. The molecule has 2 heterocycles. The maximum atomic E-state index is 13.1. The number of rotatable bonds is 11. The van der Waals surface area contributed by atoms with Gasteiger partial charge in [0.25, 0.3) is 0 Å². The fourth-order valence-corrected chi connectivity index (χ4v) is 7.10. The summed E-state index contributed by atoms with van der Waals surface area (Å²) in [5.74, 6) is 0.371. The highest BCUT2D eigenvalue weighted by atomic mass is 32.2. The van der Waals surface area contributed by atoms with Gasteiger partial charge in [0, 0.05) is 37.8 Å². The van der Waals surface area contributed by atoms with E-state index in [9.17, 15) is 9.59 Å². The zero-order valence-corrected chi connectivity index (χ0v) is 22.8. The predicted octanol–water partition coefficient (Wildman–Crippen LogP) is 2.80. The second-order valence-corrected chi connectivity index (χ2v) is 12.0. The highest BCUT2D eigenvalue weighted by molar-refractivity contribution is 8.01. The summed E-state index contributed by atoms with van der Waals surface area (Å²) in [6.07, 6.45) is 7.41. The Morgan fingerprint density at radius 2 is 1.86 bits per heavy atom. The number of benzene rings is 1. The minimum atomic E-state index is -0.774. The van der Waals surface area contributed by atoms with Crippen LogP contribution in [0.3, 0.4) is 0 Å². The number of amides is 2. The van der Waals surface area contributed by atoms with Gasteiger partial charge in [-0.3, -0.25) is 9.59 Å². The number of nitrogens with zero attached hydrogens (tertiary/aromatic N) is 3. The molecule has 2 amide bonds. The first-order valence-electron chi connectivity index (χ1n) is 13.9. The van der Waals surface area contributed by atoms with E-state index in [1.807, 2.05) is 6.92 Å². The van der Waals surface area contributed by atoms with E-state index < -0.39 is 6.04 Å². The van der Waals surface area contributed by atoms with Crippen LogP contribution >= 0.6 is 11.8 Å². The molecule has 1 aliphatic carbocycles. The molecule has 1 unspecified atom stereocenters. The SMILES string of the molecule is CCN1C(=O)[C@@H](CNc2ccc(CCN3CCCC3)cc2)SC1[C@H](N)C(=O)NCC1CCC(C#N)CC1. The number of likely N-dealkylation sites (tertiary alicyclic amines) is 1. The molecule has 4 rings (SSSR count). The smallest absolute Gasteiger partial charge is 0.239 e. The number of hydrogen-bond acceptors (Lipinski definition) is 7. The van der Waals surface area contributed by atoms with Crippen LogP contribution in [0.15, 0.2) is 24.3 Å². The Kier molecular flexibility index (Phi) is 10.1. The standard InChI is InChI=1S/C28H42N6O2S/c1-2-34-27(36)24(19-31-23-11-9-20(10-12-23)13-16-33-14-3-4-15-33)37-28(34)25(30)26(35)32-18-22-7-5-21(17-29)6-8-22/h9-12,21-22,24-25,28,31H,2-8,13-16,18-19,30H2,1H3,(H,32,35)/t21?,22?,24-,25-,28?/m1/s1. The molecular formula is C28H42N6O2S. The third-order valence-electron chi connectivity index (χ3n) is 8.08. The van der Waals surface area contributed by atoms with Crippen LogP contribution < -0.4 is 16.4 Å². The van der Waals surface area contributed by atoms with Gasteiger partial charge >= 0.3 is 0 Å². The van der Waals surface area contributed by atoms with Gasteiger partial charge in [-0.15, -0.1) is 11.8 Å². The molecular weight excluding hydrogens is 484 g/mol. The van der Waals surface area contributed by atoms with Crippen LogP contribution in [0.2, 0.25) is 0 Å². The van der Waals surface area contributed by atoms with Crippen molar-refractivity contribution in [3.05, 3.63) is 29.8 Å². The summed E-state index contributed by atoms with van der Waals surface area (Å²) in [5, 5.41) is 14.8. The van der Waals surface area contributed by atoms with E-state index >= 15 is 0 Å². The van der Waals surface area contributed by atoms with Gasteiger partial charge in [-0.25, -0.2) is 0 Å². The third-order valence-corrected chi connectivity index (χ3v) is 9.60. The second kappa shape index (κ2) is 13.5. The van der Waals surface area contributed by atoms with Gasteiger partial charge in [0.05, 0.1) is 6.07 Å². The molecule has 2 aliphatic heterocycles. The molecule has 9 heteroatoms. The Balaban J connectivity index is 1.23. The first-order valence-corrected chi connectivity index (χ1v) is 14.9. The number of carbonyl (C=O) groups is 2. The van der Waals surface area contributed by atoms with Gasteiger partial charge in [0.1, 0.15) is 16.7 Å². The molecule has 2 saturated heterocycles. The average molecular weight is 527 g/mol. The lowest BCUT2D eigenvalue weighted by Gasteiger charge is -2.28. The zero-order chi connectivity index (χ0) is 26.2. The molecule has 3 fully saturated rings. The molecule has 1 aromatic rings. The number of nitrogens with two attached hydrogens (primary N) is 1. The highest BCUT2D eigenvalue weighted by Gasteiger charge is 2.44. The van der Waals surface area contributed by atoms with Crippen LogP contribution in [0.25, 0.3) is 0 Å². The lowest BCUT2D eigenvalue weighted by atomic mass is 9.83. The van der Waals surface area contributed by atoms with Crippen molar-refractivity contribution in [2.45, 2.75) is 68.5 Å². The quantitative estimate of drug-likeness (QED) is 0.406. The molecule has 0 spiro atoms. The van der Waals surface area contributed by atoms with E-state index in [2.05, 4.69) is 45.9 Å². The minimum absolute atomic E-state index is 0.0327. The highest BCUT2D eigenvalue weighted by Crippen LogP contribution is 2.33. The molecule has 3 aliphatic rings. The van der Waals surface area contributed by atoms with Crippen molar-refractivity contribution in [2.24, 2.45) is 17.6 Å². The largest absolute Gasteiger partial charge is 0.383 e. The zero-order valence-electron chi connectivity index (χ0n) is 22.0. The molecule has 0 radical (unpaired) electrons. The Labute approximate surface area is 225 Å². The number of hydrogen-bond donors (Lipinski definition) is 3. The number of nitrogens with one attached hydrogen (secondary N) is 2. The van der Waals surface area contributed by atoms with Crippen LogP contribution in [0.5, 0.6) is 0 Å².